The van der Waals surface area contributed by atoms with Gasteiger partial charge in [-0.1, -0.05) is 30.3 Å². The molecule has 1 aliphatic heterocycles. The molecule has 2 N–H and O–H groups in total. The lowest BCUT2D eigenvalue weighted by Gasteiger charge is -2.29. The molecule has 0 fully saturated rings. The fourth-order valence-corrected chi connectivity index (χ4v) is 2.20. The lowest BCUT2D eigenvalue weighted by atomic mass is 9.93. The Morgan fingerprint density at radius 2 is 2.00 bits per heavy atom. The summed E-state index contributed by atoms with van der Waals surface area (Å²) in [6.07, 6.45) is 0. The molecule has 1 atom stereocenters. The highest BCUT2D eigenvalue weighted by Gasteiger charge is 2.29. The Morgan fingerprint density at radius 3 is 2.55 bits per heavy atom. The zero-order valence-corrected chi connectivity index (χ0v) is 11.1. The molecule has 0 spiro atoms. The molecule has 20 heavy (non-hydrogen) atoms. The second kappa shape index (κ2) is 5.52. The van der Waals surface area contributed by atoms with E-state index < -0.39 is 11.1 Å². The Kier molecular flexibility index (Phi) is 3.79. The number of guanidine groups is 1. The second-order valence-electron chi connectivity index (χ2n) is 4.39. The van der Waals surface area contributed by atoms with Crippen molar-refractivity contribution in [3.05, 3.63) is 57.3 Å². The Bertz CT molecular complexity index is 607. The molecular weight excluding hydrogens is 260 g/mol. The summed E-state index contributed by atoms with van der Waals surface area (Å²) in [6.45, 7) is 3.16. The van der Waals surface area contributed by atoms with E-state index in [9.17, 15) is 14.9 Å². The molecule has 0 saturated carbocycles. The number of carbonyl (C=O) groups is 1. The first-order valence-electron chi connectivity index (χ1n) is 6.02. The van der Waals surface area contributed by atoms with Crippen LogP contribution in [0, 0.1) is 10.1 Å². The lowest BCUT2D eigenvalue weighted by Crippen LogP contribution is -2.46. The van der Waals surface area contributed by atoms with Gasteiger partial charge in [0.05, 0.1) is 6.04 Å². The third kappa shape index (κ3) is 2.82. The van der Waals surface area contributed by atoms with E-state index in [1.165, 1.54) is 6.92 Å². The molecule has 7 heteroatoms. The molecule has 1 aromatic carbocycles. The minimum absolute atomic E-state index is 0.0198. The number of hydrogen-bond donors (Lipinski definition) is 2. The quantitative estimate of drug-likeness (QED) is 0.640. The van der Waals surface area contributed by atoms with E-state index >= 15 is 0 Å². The molecule has 0 saturated heterocycles. The maximum Gasteiger partial charge on any atom is 0.273 e. The monoisotopic (exact) mass is 274 g/mol. The minimum Gasteiger partial charge on any atom is -0.340 e. The molecule has 0 aliphatic carbocycles. The van der Waals surface area contributed by atoms with E-state index in [-0.39, 0.29) is 11.7 Å². The number of nitrogens with one attached hydrogen (secondary N) is 2. The zero-order valence-electron chi connectivity index (χ0n) is 11.1. The van der Waals surface area contributed by atoms with Gasteiger partial charge in [0, 0.05) is 11.3 Å². The van der Waals surface area contributed by atoms with Gasteiger partial charge >= 0.3 is 0 Å². The summed E-state index contributed by atoms with van der Waals surface area (Å²) in [6, 6.07) is 8.80. The van der Waals surface area contributed by atoms with E-state index in [1.807, 2.05) is 30.3 Å². The summed E-state index contributed by atoms with van der Waals surface area (Å²) >= 11 is 0. The second-order valence-corrected chi connectivity index (χ2v) is 4.39. The third-order valence-electron chi connectivity index (χ3n) is 2.97. The van der Waals surface area contributed by atoms with Crippen molar-refractivity contribution in [1.29, 1.82) is 0 Å². The van der Waals surface area contributed by atoms with E-state index in [0.717, 1.165) is 5.56 Å². The number of carbonyl (C=O) groups excluding carboxylic acids is 1. The first-order chi connectivity index (χ1) is 9.49. The largest absolute Gasteiger partial charge is 0.340 e. The number of nitrogens with zero attached hydrogens (tertiary/aromatic N) is 2. The van der Waals surface area contributed by atoms with E-state index in [2.05, 4.69) is 15.7 Å². The van der Waals surface area contributed by atoms with Crippen molar-refractivity contribution in [1.82, 2.24) is 10.6 Å². The Labute approximate surface area is 115 Å². The van der Waals surface area contributed by atoms with E-state index in [0.29, 0.717) is 11.3 Å². The fraction of sp³-hybridized carbons (Fsp3) is 0.231. The predicted octanol–water partition coefficient (Wildman–Crippen LogP) is 1.33. The van der Waals surface area contributed by atoms with Gasteiger partial charge in [0.2, 0.25) is 0 Å². The number of hydrazone groups is 1. The van der Waals surface area contributed by atoms with Crippen LogP contribution in [0.1, 0.15) is 25.5 Å². The van der Waals surface area contributed by atoms with Crippen molar-refractivity contribution in [3.63, 3.8) is 0 Å². The number of nitro groups is 1. The molecule has 0 amide bonds. The van der Waals surface area contributed by atoms with Crippen molar-refractivity contribution >= 4 is 11.7 Å². The normalized spacial score (nSPS) is 20.3. The van der Waals surface area contributed by atoms with Crippen LogP contribution >= 0.6 is 0 Å². The topological polar surface area (TPSA) is 96.6 Å². The van der Waals surface area contributed by atoms with Gasteiger partial charge in [0.15, 0.2) is 10.8 Å². The first-order valence-corrected chi connectivity index (χ1v) is 6.02. The van der Waals surface area contributed by atoms with Gasteiger partial charge in [-0.25, -0.2) is 10.1 Å². The van der Waals surface area contributed by atoms with Crippen LogP contribution < -0.4 is 10.6 Å². The summed E-state index contributed by atoms with van der Waals surface area (Å²) in [7, 11) is 0. The molecule has 7 nitrogen and oxygen atoms in total. The minimum atomic E-state index is -0.788. The number of hydrogen-bond acceptors (Lipinski definition) is 3. The standard InChI is InChI=1S/C13H14N4O3/c1-8-11(9(2)18)12(10-6-4-3-5-7-10)15-13(14-8)16-17(19)20/h3-7,12H,1-2H3,(H2,14,15,16)/t12-/m0/s1. The van der Waals surface area contributed by atoms with Crippen LogP contribution in [0.25, 0.3) is 0 Å². The molecule has 0 bridgehead atoms. The first kappa shape index (κ1) is 13.7. The Morgan fingerprint density at radius 1 is 1.35 bits per heavy atom. The molecule has 1 aromatic rings. The number of benzene rings is 1. The average molecular weight is 274 g/mol. The lowest BCUT2D eigenvalue weighted by molar-refractivity contribution is -0.485. The van der Waals surface area contributed by atoms with Crippen molar-refractivity contribution in [3.8, 4) is 0 Å². The van der Waals surface area contributed by atoms with Gasteiger partial charge in [0.1, 0.15) is 5.10 Å². The molecule has 0 radical (unpaired) electrons. The molecule has 2 rings (SSSR count). The summed E-state index contributed by atoms with van der Waals surface area (Å²) in [5.74, 6) is -0.0807. The maximum atomic E-state index is 11.8. The molecule has 1 aliphatic rings. The average Bonchev–Trinajstić information content (AvgIpc) is 2.37. The van der Waals surface area contributed by atoms with Crippen molar-refractivity contribution in [2.24, 2.45) is 5.10 Å². The molecule has 104 valence electrons. The number of rotatable bonds is 3. The van der Waals surface area contributed by atoms with Crippen LogP contribution in [-0.2, 0) is 4.79 Å². The van der Waals surface area contributed by atoms with Gasteiger partial charge in [-0.15, -0.1) is 0 Å². The van der Waals surface area contributed by atoms with Crippen molar-refractivity contribution in [2.45, 2.75) is 19.9 Å². The number of Topliss-reactive ketones (excluding diaryl/α,β-unsaturated/α-hetero) is 1. The Balaban J connectivity index is 2.48. The SMILES string of the molecule is CC(=O)C1=C(C)N/C(=N\[N+](=O)[O-])N[C@H]1c1ccccc1. The Hall–Kier alpha value is -2.70. The fourth-order valence-electron chi connectivity index (χ4n) is 2.20. The van der Waals surface area contributed by atoms with Crippen LogP contribution in [0.5, 0.6) is 0 Å². The zero-order chi connectivity index (χ0) is 14.7. The molecular formula is C13H14N4O3. The van der Waals surface area contributed by atoms with Crippen LogP contribution in [0.15, 0.2) is 46.7 Å². The van der Waals surface area contributed by atoms with Crippen LogP contribution in [0.4, 0.5) is 0 Å². The van der Waals surface area contributed by atoms with Gasteiger partial charge in [-0.05, 0) is 19.4 Å². The van der Waals surface area contributed by atoms with Crippen molar-refractivity contribution < 1.29 is 9.83 Å². The van der Waals surface area contributed by atoms with Gasteiger partial charge < -0.3 is 10.6 Å². The van der Waals surface area contributed by atoms with Gasteiger partial charge in [-0.3, -0.25) is 4.79 Å². The summed E-state index contributed by atoms with van der Waals surface area (Å²) in [5, 5.41) is 18.5. The predicted molar refractivity (Wildman–Crippen MR) is 73.3 cm³/mol. The number of allylic oxidation sites excluding steroid dienone is 1. The third-order valence-corrected chi connectivity index (χ3v) is 2.97. The highest BCUT2D eigenvalue weighted by atomic mass is 16.7. The highest BCUT2D eigenvalue weighted by Crippen LogP contribution is 2.26. The van der Waals surface area contributed by atoms with Crippen LogP contribution in [0.2, 0.25) is 0 Å². The van der Waals surface area contributed by atoms with Crippen LogP contribution in [0.3, 0.4) is 0 Å². The summed E-state index contributed by atoms with van der Waals surface area (Å²) < 4.78 is 0. The summed E-state index contributed by atoms with van der Waals surface area (Å²) in [4.78, 5) is 22.3. The van der Waals surface area contributed by atoms with Gasteiger partial charge in [-0.2, -0.15) is 0 Å². The smallest absolute Gasteiger partial charge is 0.273 e. The summed E-state index contributed by atoms with van der Waals surface area (Å²) in [5.41, 5.74) is 1.94. The van der Waals surface area contributed by atoms with E-state index in [1.54, 1.807) is 6.92 Å². The van der Waals surface area contributed by atoms with Crippen molar-refractivity contribution in [2.75, 3.05) is 0 Å². The maximum absolute atomic E-state index is 11.8. The highest BCUT2D eigenvalue weighted by molar-refractivity contribution is 5.99. The molecule has 0 unspecified atom stereocenters. The van der Waals surface area contributed by atoms with Crippen LogP contribution in [-0.4, -0.2) is 16.8 Å². The molecule has 0 aromatic heterocycles. The molecule has 1 heterocycles. The van der Waals surface area contributed by atoms with Gasteiger partial charge in [0.25, 0.3) is 5.96 Å². The number of ketones is 1. The van der Waals surface area contributed by atoms with E-state index in [4.69, 9.17) is 0 Å².